The molecule has 0 spiro atoms. The number of nitrogens with two attached hydrogens (primary N) is 1. The van der Waals surface area contributed by atoms with Crippen molar-refractivity contribution in [3.05, 3.63) is 29.8 Å². The molecule has 0 heterocycles. The molecule has 112 valence electrons. The molecule has 3 heteroatoms. The highest BCUT2D eigenvalue weighted by Crippen LogP contribution is 2.34. The van der Waals surface area contributed by atoms with Crippen molar-refractivity contribution in [2.75, 3.05) is 20.2 Å². The number of ether oxygens (including phenoxy) is 1. The second kappa shape index (κ2) is 7.09. The average molecular weight is 276 g/mol. The zero-order valence-electron chi connectivity index (χ0n) is 13.0. The van der Waals surface area contributed by atoms with Gasteiger partial charge >= 0.3 is 0 Å². The maximum Gasteiger partial charge on any atom is 0.118 e. The van der Waals surface area contributed by atoms with Crippen molar-refractivity contribution in [2.45, 2.75) is 45.2 Å². The van der Waals surface area contributed by atoms with Crippen LogP contribution in [0.3, 0.4) is 0 Å². The molecule has 0 amide bonds. The lowest BCUT2D eigenvalue weighted by Crippen LogP contribution is -2.41. The van der Waals surface area contributed by atoms with E-state index in [2.05, 4.69) is 43.0 Å². The molecule has 0 aromatic heterocycles. The lowest BCUT2D eigenvalue weighted by Gasteiger charge is -2.37. The quantitative estimate of drug-likeness (QED) is 0.867. The summed E-state index contributed by atoms with van der Waals surface area (Å²) in [5.74, 6) is 1.58. The molecule has 1 aliphatic rings. The molecule has 0 aliphatic heterocycles. The van der Waals surface area contributed by atoms with Gasteiger partial charge in [0.1, 0.15) is 5.75 Å². The monoisotopic (exact) mass is 276 g/mol. The maximum absolute atomic E-state index is 5.95. The zero-order valence-corrected chi connectivity index (χ0v) is 13.0. The van der Waals surface area contributed by atoms with Gasteiger partial charge in [-0.3, -0.25) is 4.90 Å². The Balaban J connectivity index is 2.13. The van der Waals surface area contributed by atoms with Gasteiger partial charge in [0.2, 0.25) is 0 Å². The van der Waals surface area contributed by atoms with Crippen LogP contribution < -0.4 is 10.5 Å². The van der Waals surface area contributed by atoms with Gasteiger partial charge in [-0.15, -0.1) is 0 Å². The van der Waals surface area contributed by atoms with Gasteiger partial charge in [0.05, 0.1) is 7.11 Å². The van der Waals surface area contributed by atoms with Crippen LogP contribution in [0.1, 0.15) is 44.7 Å². The van der Waals surface area contributed by atoms with E-state index in [1.807, 2.05) is 0 Å². The second-order valence-corrected chi connectivity index (χ2v) is 5.77. The molecule has 3 unspecified atom stereocenters. The molecule has 1 fully saturated rings. The fourth-order valence-electron chi connectivity index (χ4n) is 3.60. The summed E-state index contributed by atoms with van der Waals surface area (Å²) in [6, 6.07) is 9.53. The Kier molecular flexibility index (Phi) is 5.44. The first kappa shape index (κ1) is 15.3. The lowest BCUT2D eigenvalue weighted by molar-refractivity contribution is 0.123. The highest BCUT2D eigenvalue weighted by molar-refractivity contribution is 5.29. The topological polar surface area (TPSA) is 38.5 Å². The minimum atomic E-state index is 0.433. The summed E-state index contributed by atoms with van der Waals surface area (Å²) in [6.45, 7) is 6.45. The normalized spacial score (nSPS) is 24.1. The third kappa shape index (κ3) is 3.15. The van der Waals surface area contributed by atoms with Gasteiger partial charge in [-0.2, -0.15) is 0 Å². The number of rotatable bonds is 6. The highest BCUT2D eigenvalue weighted by atomic mass is 16.5. The van der Waals surface area contributed by atoms with Gasteiger partial charge in [0.15, 0.2) is 0 Å². The van der Waals surface area contributed by atoms with Crippen LogP contribution >= 0.6 is 0 Å². The molecular formula is C17H28N2O. The summed E-state index contributed by atoms with van der Waals surface area (Å²) < 4.78 is 5.24. The summed E-state index contributed by atoms with van der Waals surface area (Å²) in [4.78, 5) is 2.62. The Hall–Kier alpha value is -1.06. The third-order valence-corrected chi connectivity index (χ3v) is 4.81. The van der Waals surface area contributed by atoms with E-state index in [0.717, 1.165) is 18.8 Å². The summed E-state index contributed by atoms with van der Waals surface area (Å²) in [5, 5.41) is 0. The number of nitrogens with zero attached hydrogens (tertiary/aromatic N) is 1. The van der Waals surface area contributed by atoms with Gasteiger partial charge in [-0.1, -0.05) is 25.5 Å². The van der Waals surface area contributed by atoms with E-state index in [4.69, 9.17) is 10.5 Å². The standard InChI is InChI=1S/C17H28N2O/c1-4-19(17-7-5-6-15(17)12-18)13(2)14-8-10-16(20-3)11-9-14/h8-11,13,15,17H,4-7,12,18H2,1-3H3. The lowest BCUT2D eigenvalue weighted by atomic mass is 9.98. The largest absolute Gasteiger partial charge is 0.497 e. The molecular weight excluding hydrogens is 248 g/mol. The minimum absolute atomic E-state index is 0.433. The van der Waals surface area contributed by atoms with Crippen molar-refractivity contribution in [3.8, 4) is 5.75 Å². The fraction of sp³-hybridized carbons (Fsp3) is 0.647. The molecule has 0 saturated heterocycles. The smallest absolute Gasteiger partial charge is 0.118 e. The van der Waals surface area contributed by atoms with Gasteiger partial charge in [-0.05, 0) is 56.5 Å². The summed E-state index contributed by atoms with van der Waals surface area (Å²) in [6.07, 6.45) is 3.89. The molecule has 1 saturated carbocycles. The number of methoxy groups -OCH3 is 1. The molecule has 1 aliphatic carbocycles. The molecule has 3 nitrogen and oxygen atoms in total. The predicted molar refractivity (Wildman–Crippen MR) is 84.0 cm³/mol. The number of hydrogen-bond acceptors (Lipinski definition) is 3. The van der Waals surface area contributed by atoms with E-state index in [0.29, 0.717) is 18.0 Å². The van der Waals surface area contributed by atoms with E-state index in [1.54, 1.807) is 7.11 Å². The molecule has 1 aromatic rings. The first-order chi connectivity index (χ1) is 9.71. The van der Waals surface area contributed by atoms with E-state index in [-0.39, 0.29) is 0 Å². The van der Waals surface area contributed by atoms with Gasteiger partial charge in [0, 0.05) is 12.1 Å². The SMILES string of the molecule is CCN(C(C)c1ccc(OC)cc1)C1CCCC1CN. The first-order valence-electron chi connectivity index (χ1n) is 7.81. The van der Waals surface area contributed by atoms with Crippen LogP contribution in [0.5, 0.6) is 5.75 Å². The van der Waals surface area contributed by atoms with Crippen molar-refractivity contribution >= 4 is 0 Å². The molecule has 0 bridgehead atoms. The Morgan fingerprint density at radius 1 is 1.30 bits per heavy atom. The van der Waals surface area contributed by atoms with Gasteiger partial charge in [0.25, 0.3) is 0 Å². The molecule has 3 atom stereocenters. The highest BCUT2D eigenvalue weighted by Gasteiger charge is 2.33. The van der Waals surface area contributed by atoms with Crippen molar-refractivity contribution in [1.29, 1.82) is 0 Å². The van der Waals surface area contributed by atoms with E-state index in [1.165, 1.54) is 24.8 Å². The summed E-state index contributed by atoms with van der Waals surface area (Å²) in [5.41, 5.74) is 7.31. The van der Waals surface area contributed by atoms with Crippen LogP contribution in [0, 0.1) is 5.92 Å². The van der Waals surface area contributed by atoms with Crippen LogP contribution in [0.25, 0.3) is 0 Å². The van der Waals surface area contributed by atoms with E-state index < -0.39 is 0 Å². The van der Waals surface area contributed by atoms with E-state index in [9.17, 15) is 0 Å². The number of benzene rings is 1. The molecule has 0 radical (unpaired) electrons. The van der Waals surface area contributed by atoms with Gasteiger partial charge in [-0.25, -0.2) is 0 Å². The van der Waals surface area contributed by atoms with Crippen LogP contribution in [-0.4, -0.2) is 31.1 Å². The zero-order chi connectivity index (χ0) is 14.5. The van der Waals surface area contributed by atoms with Crippen LogP contribution in [0.2, 0.25) is 0 Å². The van der Waals surface area contributed by atoms with Crippen LogP contribution in [-0.2, 0) is 0 Å². The minimum Gasteiger partial charge on any atom is -0.497 e. The third-order valence-electron chi connectivity index (χ3n) is 4.81. The molecule has 1 aromatic carbocycles. The van der Waals surface area contributed by atoms with Crippen LogP contribution in [0.15, 0.2) is 24.3 Å². The fourth-order valence-corrected chi connectivity index (χ4v) is 3.60. The van der Waals surface area contributed by atoms with Crippen molar-refractivity contribution < 1.29 is 4.74 Å². The van der Waals surface area contributed by atoms with Crippen molar-refractivity contribution in [2.24, 2.45) is 11.7 Å². The Morgan fingerprint density at radius 3 is 2.55 bits per heavy atom. The summed E-state index contributed by atoms with van der Waals surface area (Å²) >= 11 is 0. The Bertz CT molecular complexity index is 404. The van der Waals surface area contributed by atoms with Crippen LogP contribution in [0.4, 0.5) is 0 Å². The predicted octanol–water partition coefficient (Wildman–Crippen LogP) is 3.21. The summed E-state index contributed by atoms with van der Waals surface area (Å²) in [7, 11) is 1.71. The second-order valence-electron chi connectivity index (χ2n) is 5.77. The van der Waals surface area contributed by atoms with Crippen molar-refractivity contribution in [3.63, 3.8) is 0 Å². The molecule has 2 rings (SSSR count). The van der Waals surface area contributed by atoms with E-state index >= 15 is 0 Å². The Morgan fingerprint density at radius 2 is 2.00 bits per heavy atom. The average Bonchev–Trinajstić information content (AvgIpc) is 2.96. The number of hydrogen-bond donors (Lipinski definition) is 1. The van der Waals surface area contributed by atoms with Gasteiger partial charge < -0.3 is 10.5 Å². The molecule has 20 heavy (non-hydrogen) atoms. The maximum atomic E-state index is 5.95. The van der Waals surface area contributed by atoms with Crippen molar-refractivity contribution in [1.82, 2.24) is 4.90 Å². The molecule has 2 N–H and O–H groups in total. The first-order valence-corrected chi connectivity index (χ1v) is 7.81. The Labute approximate surface area is 123 Å².